The summed E-state index contributed by atoms with van der Waals surface area (Å²) in [6, 6.07) is 7.71. The molecule has 0 radical (unpaired) electrons. The standard InChI is InChI=1S/C23H36N6O3.HI/c1-16(2)20-28-19(32-29-20)8-7-14-25-21(24-6)26-15-13-17-9-11-18(12-10-17)27-22(30)31-23(3,4)5;/h9-12,16H,7-8,13-15H2,1-6H3,(H,27,30)(H2,24,25,26);1H. The van der Waals surface area contributed by atoms with Crippen molar-refractivity contribution in [3.05, 3.63) is 41.5 Å². The second-order valence-corrected chi connectivity index (χ2v) is 8.80. The van der Waals surface area contributed by atoms with Gasteiger partial charge in [0.05, 0.1) is 0 Å². The van der Waals surface area contributed by atoms with Crippen molar-refractivity contribution < 1.29 is 14.1 Å². The van der Waals surface area contributed by atoms with Crippen LogP contribution in [-0.2, 0) is 17.6 Å². The molecule has 10 heteroatoms. The fourth-order valence-corrected chi connectivity index (χ4v) is 2.77. The Kier molecular flexibility index (Phi) is 12.2. The number of nitrogens with one attached hydrogen (secondary N) is 3. The van der Waals surface area contributed by atoms with Gasteiger partial charge in [-0.1, -0.05) is 31.1 Å². The maximum Gasteiger partial charge on any atom is 0.412 e. The third-order valence-corrected chi connectivity index (χ3v) is 4.39. The van der Waals surface area contributed by atoms with E-state index in [9.17, 15) is 4.79 Å². The highest BCUT2D eigenvalue weighted by atomic mass is 127. The van der Waals surface area contributed by atoms with Crippen molar-refractivity contribution >= 4 is 41.7 Å². The minimum Gasteiger partial charge on any atom is -0.444 e. The number of rotatable bonds is 9. The summed E-state index contributed by atoms with van der Waals surface area (Å²) in [6.45, 7) is 11.1. The molecular formula is C23H37IN6O3. The quantitative estimate of drug-likeness (QED) is 0.176. The van der Waals surface area contributed by atoms with E-state index in [2.05, 4.69) is 31.1 Å². The number of carbonyl (C=O) groups excluding carboxylic acids is 1. The summed E-state index contributed by atoms with van der Waals surface area (Å²) in [5.74, 6) is 2.44. The van der Waals surface area contributed by atoms with E-state index in [4.69, 9.17) is 9.26 Å². The Morgan fingerprint density at radius 1 is 1.12 bits per heavy atom. The van der Waals surface area contributed by atoms with Gasteiger partial charge >= 0.3 is 6.09 Å². The van der Waals surface area contributed by atoms with Crippen LogP contribution >= 0.6 is 24.0 Å². The van der Waals surface area contributed by atoms with Gasteiger partial charge < -0.3 is 19.9 Å². The Labute approximate surface area is 213 Å². The van der Waals surface area contributed by atoms with Crippen LogP contribution in [0.25, 0.3) is 0 Å². The Morgan fingerprint density at radius 2 is 1.79 bits per heavy atom. The number of ether oxygens (including phenoxy) is 1. The summed E-state index contributed by atoms with van der Waals surface area (Å²) in [7, 11) is 1.75. The zero-order valence-electron chi connectivity index (χ0n) is 20.4. The summed E-state index contributed by atoms with van der Waals surface area (Å²) in [4.78, 5) is 20.5. The van der Waals surface area contributed by atoms with E-state index < -0.39 is 11.7 Å². The van der Waals surface area contributed by atoms with Crippen LogP contribution in [0.2, 0.25) is 0 Å². The molecule has 0 aliphatic heterocycles. The smallest absolute Gasteiger partial charge is 0.412 e. The van der Waals surface area contributed by atoms with Gasteiger partial charge in [-0.3, -0.25) is 10.3 Å². The number of hydrogen-bond donors (Lipinski definition) is 3. The Morgan fingerprint density at radius 3 is 2.36 bits per heavy atom. The van der Waals surface area contributed by atoms with Gasteiger partial charge in [0.2, 0.25) is 5.89 Å². The lowest BCUT2D eigenvalue weighted by Gasteiger charge is -2.19. The molecule has 1 heterocycles. The van der Waals surface area contributed by atoms with Crippen molar-refractivity contribution in [1.29, 1.82) is 0 Å². The molecule has 0 saturated carbocycles. The van der Waals surface area contributed by atoms with Crippen LogP contribution in [0.3, 0.4) is 0 Å². The third kappa shape index (κ3) is 11.4. The highest BCUT2D eigenvalue weighted by Gasteiger charge is 2.16. The van der Waals surface area contributed by atoms with Gasteiger partial charge in [-0.25, -0.2) is 4.79 Å². The van der Waals surface area contributed by atoms with Crippen molar-refractivity contribution in [1.82, 2.24) is 20.8 Å². The molecule has 184 valence electrons. The zero-order chi connectivity index (χ0) is 23.6. The Balaban J connectivity index is 0.00000544. The van der Waals surface area contributed by atoms with Crippen molar-refractivity contribution in [2.24, 2.45) is 4.99 Å². The van der Waals surface area contributed by atoms with Crippen LogP contribution < -0.4 is 16.0 Å². The molecule has 0 unspecified atom stereocenters. The molecule has 0 aliphatic carbocycles. The molecule has 3 N–H and O–H groups in total. The van der Waals surface area contributed by atoms with E-state index in [1.54, 1.807) is 7.05 Å². The van der Waals surface area contributed by atoms with Crippen molar-refractivity contribution in [2.75, 3.05) is 25.5 Å². The first kappa shape index (κ1) is 28.7. The predicted octanol–water partition coefficient (Wildman–Crippen LogP) is 4.50. The highest BCUT2D eigenvalue weighted by Crippen LogP contribution is 2.13. The monoisotopic (exact) mass is 572 g/mol. The van der Waals surface area contributed by atoms with E-state index in [0.717, 1.165) is 49.7 Å². The lowest BCUT2D eigenvalue weighted by Crippen LogP contribution is -2.38. The number of aliphatic imine (C=N–C) groups is 1. The third-order valence-electron chi connectivity index (χ3n) is 4.39. The number of guanidine groups is 1. The maximum absolute atomic E-state index is 11.8. The zero-order valence-corrected chi connectivity index (χ0v) is 22.7. The number of aromatic nitrogens is 2. The molecule has 0 saturated heterocycles. The number of benzene rings is 1. The summed E-state index contributed by atoms with van der Waals surface area (Å²) in [5, 5.41) is 13.3. The van der Waals surface area contributed by atoms with Crippen LogP contribution in [0.15, 0.2) is 33.8 Å². The van der Waals surface area contributed by atoms with Gasteiger partial charge in [0.15, 0.2) is 11.8 Å². The number of carbonyl (C=O) groups is 1. The molecule has 1 aromatic carbocycles. The van der Waals surface area contributed by atoms with Gasteiger partial charge in [-0.15, -0.1) is 24.0 Å². The van der Waals surface area contributed by atoms with E-state index in [1.807, 2.05) is 58.9 Å². The van der Waals surface area contributed by atoms with Crippen LogP contribution in [-0.4, -0.2) is 47.9 Å². The molecule has 0 atom stereocenters. The molecule has 33 heavy (non-hydrogen) atoms. The maximum atomic E-state index is 11.8. The number of hydrogen-bond acceptors (Lipinski definition) is 6. The largest absolute Gasteiger partial charge is 0.444 e. The van der Waals surface area contributed by atoms with E-state index in [0.29, 0.717) is 11.6 Å². The topological polar surface area (TPSA) is 114 Å². The van der Waals surface area contributed by atoms with Gasteiger partial charge in [-0.2, -0.15) is 4.98 Å². The fraction of sp³-hybridized carbons (Fsp3) is 0.565. The molecule has 2 aromatic rings. The summed E-state index contributed by atoms with van der Waals surface area (Å²) >= 11 is 0. The fourth-order valence-electron chi connectivity index (χ4n) is 2.77. The number of amides is 1. The molecule has 1 aromatic heterocycles. The molecule has 1 amide bonds. The molecule has 0 bridgehead atoms. The number of nitrogens with zero attached hydrogens (tertiary/aromatic N) is 3. The van der Waals surface area contributed by atoms with Crippen molar-refractivity contribution in [2.45, 2.75) is 65.4 Å². The van der Waals surface area contributed by atoms with Crippen molar-refractivity contribution in [3.63, 3.8) is 0 Å². The first-order chi connectivity index (χ1) is 15.2. The minimum absolute atomic E-state index is 0. The van der Waals surface area contributed by atoms with Crippen LogP contribution in [0.1, 0.15) is 64.2 Å². The SMILES string of the molecule is CN=C(NCCCc1nc(C(C)C)no1)NCCc1ccc(NC(=O)OC(C)(C)C)cc1.I. The van der Waals surface area contributed by atoms with Gasteiger partial charge in [0.25, 0.3) is 0 Å². The molecular weight excluding hydrogens is 535 g/mol. The first-order valence-corrected chi connectivity index (χ1v) is 11.0. The van der Waals surface area contributed by atoms with E-state index >= 15 is 0 Å². The summed E-state index contributed by atoms with van der Waals surface area (Å²) < 4.78 is 10.5. The highest BCUT2D eigenvalue weighted by molar-refractivity contribution is 14.0. The lowest BCUT2D eigenvalue weighted by atomic mass is 10.1. The van der Waals surface area contributed by atoms with Crippen molar-refractivity contribution in [3.8, 4) is 0 Å². The van der Waals surface area contributed by atoms with Gasteiger partial charge in [0, 0.05) is 38.2 Å². The van der Waals surface area contributed by atoms with Crippen LogP contribution in [0.5, 0.6) is 0 Å². The molecule has 9 nitrogen and oxygen atoms in total. The van der Waals surface area contributed by atoms with E-state index in [-0.39, 0.29) is 29.9 Å². The van der Waals surface area contributed by atoms with Gasteiger partial charge in [0.1, 0.15) is 5.60 Å². The lowest BCUT2D eigenvalue weighted by molar-refractivity contribution is 0.0636. The van der Waals surface area contributed by atoms with Crippen LogP contribution in [0, 0.1) is 0 Å². The Bertz CT molecular complexity index is 875. The van der Waals surface area contributed by atoms with Gasteiger partial charge in [-0.05, 0) is 51.3 Å². The second kappa shape index (κ2) is 14.0. The average Bonchev–Trinajstić information content (AvgIpc) is 3.19. The van der Waals surface area contributed by atoms with Crippen LogP contribution in [0.4, 0.5) is 10.5 Å². The molecule has 0 fully saturated rings. The number of halogens is 1. The normalized spacial score (nSPS) is 11.7. The first-order valence-electron chi connectivity index (χ1n) is 11.0. The second-order valence-electron chi connectivity index (χ2n) is 8.80. The Hall–Kier alpha value is -2.37. The number of anilines is 1. The molecule has 2 rings (SSSR count). The number of aryl methyl sites for hydroxylation is 1. The average molecular weight is 572 g/mol. The minimum atomic E-state index is -0.521. The van der Waals surface area contributed by atoms with E-state index in [1.165, 1.54) is 0 Å². The molecule has 0 aliphatic rings. The summed E-state index contributed by atoms with van der Waals surface area (Å²) in [5.41, 5.74) is 1.34. The molecule has 0 spiro atoms. The predicted molar refractivity (Wildman–Crippen MR) is 141 cm³/mol. The summed E-state index contributed by atoms with van der Waals surface area (Å²) in [6.07, 6.45) is 1.97.